The van der Waals surface area contributed by atoms with Crippen molar-refractivity contribution in [2.24, 2.45) is 0 Å². The SMILES string of the molecule is [O-]C1([O-])OO1.[Zn+2]. The fraction of sp³-hybridized carbons (Fsp3) is 1.00. The van der Waals surface area contributed by atoms with E-state index in [9.17, 15) is 10.2 Å². The average molecular weight is 141 g/mol. The van der Waals surface area contributed by atoms with E-state index in [0.717, 1.165) is 0 Å². The van der Waals surface area contributed by atoms with Crippen LogP contribution in [0.3, 0.4) is 0 Å². The Bertz CT molecular complexity index is 45.5. The van der Waals surface area contributed by atoms with Gasteiger partial charge in [0.25, 0.3) is 0 Å². The predicted octanol–water partition coefficient (Wildman–Crippen LogP) is -2.72. The van der Waals surface area contributed by atoms with Crippen LogP contribution in [0.25, 0.3) is 0 Å². The van der Waals surface area contributed by atoms with Gasteiger partial charge >= 0.3 is 19.5 Å². The number of rotatable bonds is 0. The van der Waals surface area contributed by atoms with E-state index in [2.05, 4.69) is 9.78 Å². The van der Waals surface area contributed by atoms with Gasteiger partial charge in [-0.1, -0.05) is 0 Å². The van der Waals surface area contributed by atoms with E-state index in [1.807, 2.05) is 0 Å². The van der Waals surface area contributed by atoms with Crippen molar-refractivity contribution in [3.05, 3.63) is 0 Å². The van der Waals surface area contributed by atoms with Gasteiger partial charge in [0.15, 0.2) is 0 Å². The van der Waals surface area contributed by atoms with Gasteiger partial charge in [-0.25, -0.2) is 9.78 Å². The Hall–Kier alpha value is 0.463. The second-order valence-corrected chi connectivity index (χ2v) is 0.667. The van der Waals surface area contributed by atoms with Gasteiger partial charge in [0.1, 0.15) is 0 Å². The summed E-state index contributed by atoms with van der Waals surface area (Å²) in [5.74, 6) is 0. The molecule has 30 valence electrons. The summed E-state index contributed by atoms with van der Waals surface area (Å²) in [7, 11) is 0. The molecule has 0 aromatic heterocycles. The van der Waals surface area contributed by atoms with E-state index in [1.54, 1.807) is 0 Å². The molecule has 0 N–H and O–H groups in total. The molecule has 1 rings (SSSR count). The maximum absolute atomic E-state index is 9.22. The second-order valence-electron chi connectivity index (χ2n) is 0.667. The maximum Gasteiger partial charge on any atom is 2.00 e. The molecule has 1 fully saturated rings. The Labute approximate surface area is 46.4 Å². The third kappa shape index (κ3) is 1.79. The molecular weight excluding hydrogens is 141 g/mol. The molecule has 0 spiro atoms. The van der Waals surface area contributed by atoms with Crippen LogP contribution in [0.5, 0.6) is 0 Å². The van der Waals surface area contributed by atoms with E-state index < -0.39 is 6.16 Å². The summed E-state index contributed by atoms with van der Waals surface area (Å²) in [6.07, 6.45) is -2.75. The van der Waals surface area contributed by atoms with E-state index >= 15 is 0 Å². The Morgan fingerprint density at radius 1 is 1.17 bits per heavy atom. The average Bonchev–Trinajstić information content (AvgIpc) is 1.76. The summed E-state index contributed by atoms with van der Waals surface area (Å²) < 4.78 is 0. The first-order valence-electron chi connectivity index (χ1n) is 0.983. The zero-order valence-electron chi connectivity index (χ0n) is 2.84. The van der Waals surface area contributed by atoms with Crippen LogP contribution in [-0.4, -0.2) is 6.16 Å². The Morgan fingerprint density at radius 3 is 1.33 bits per heavy atom. The first-order valence-corrected chi connectivity index (χ1v) is 0.983. The summed E-state index contributed by atoms with van der Waals surface area (Å²) in [6.45, 7) is 0. The molecule has 0 radical (unpaired) electrons. The quantitative estimate of drug-likeness (QED) is 0.159. The molecule has 0 saturated carbocycles. The fourth-order valence-electron chi connectivity index (χ4n) is 0.0340. The molecule has 0 atom stereocenters. The topological polar surface area (TPSA) is 71.2 Å². The third-order valence-electron chi connectivity index (χ3n) is 0.219. The summed E-state index contributed by atoms with van der Waals surface area (Å²) in [6, 6.07) is 0. The molecule has 1 saturated heterocycles. The third-order valence-corrected chi connectivity index (χ3v) is 0.219. The van der Waals surface area contributed by atoms with Gasteiger partial charge in [0.2, 0.25) is 0 Å². The molecule has 1 heterocycles. The van der Waals surface area contributed by atoms with Crippen molar-refractivity contribution in [3.8, 4) is 0 Å². The first-order chi connectivity index (χ1) is 2.21. The standard InChI is InChI=1S/CO4.Zn/c2-1(3)4-5-1;/q-2;+2. The molecule has 0 unspecified atom stereocenters. The van der Waals surface area contributed by atoms with E-state index in [4.69, 9.17) is 0 Å². The van der Waals surface area contributed by atoms with Gasteiger partial charge in [0, 0.05) is 0 Å². The van der Waals surface area contributed by atoms with Crippen molar-refractivity contribution < 1.29 is 39.5 Å². The Balaban J connectivity index is 0.000000250. The van der Waals surface area contributed by atoms with Crippen LogP contribution in [-0.2, 0) is 29.3 Å². The molecule has 1 aliphatic heterocycles. The summed E-state index contributed by atoms with van der Waals surface area (Å²) in [5.41, 5.74) is 0. The molecule has 0 aliphatic carbocycles. The molecule has 0 bridgehead atoms. The van der Waals surface area contributed by atoms with Crippen LogP contribution in [0.4, 0.5) is 0 Å². The smallest absolute Gasteiger partial charge is 0.815 e. The molecule has 0 aromatic rings. The van der Waals surface area contributed by atoms with Crippen LogP contribution in [0.1, 0.15) is 0 Å². The van der Waals surface area contributed by atoms with Crippen molar-refractivity contribution in [2.45, 2.75) is 6.16 Å². The summed E-state index contributed by atoms with van der Waals surface area (Å²) in [5, 5.41) is 18.4. The predicted molar refractivity (Wildman–Crippen MR) is 4.90 cm³/mol. The van der Waals surface area contributed by atoms with E-state index in [0.29, 0.717) is 0 Å². The second kappa shape index (κ2) is 1.52. The zero-order valence-corrected chi connectivity index (χ0v) is 5.81. The molecule has 1 aliphatic rings. The van der Waals surface area contributed by atoms with Gasteiger partial charge in [0.05, 0.1) is 6.16 Å². The number of hydrogen-bond donors (Lipinski definition) is 0. The normalized spacial score (nSPS) is 25.0. The van der Waals surface area contributed by atoms with E-state index in [1.165, 1.54) is 0 Å². The van der Waals surface area contributed by atoms with Gasteiger partial charge < -0.3 is 10.2 Å². The minimum absolute atomic E-state index is 0. The van der Waals surface area contributed by atoms with Gasteiger partial charge in [-0.2, -0.15) is 0 Å². The van der Waals surface area contributed by atoms with E-state index in [-0.39, 0.29) is 19.5 Å². The molecule has 5 heteroatoms. The molecule has 0 aromatic carbocycles. The van der Waals surface area contributed by atoms with Crippen LogP contribution >= 0.6 is 0 Å². The largest absolute Gasteiger partial charge is 2.00 e. The minimum Gasteiger partial charge on any atom is -0.815 e. The van der Waals surface area contributed by atoms with Crippen LogP contribution in [0, 0.1) is 0 Å². The summed E-state index contributed by atoms with van der Waals surface area (Å²) >= 11 is 0. The molecule has 6 heavy (non-hydrogen) atoms. The van der Waals surface area contributed by atoms with Crippen LogP contribution in [0.2, 0.25) is 0 Å². The molecule has 0 amide bonds. The fourth-order valence-corrected chi connectivity index (χ4v) is 0.0340. The van der Waals surface area contributed by atoms with Gasteiger partial charge in [-0.15, -0.1) is 0 Å². The first kappa shape index (κ1) is 6.46. The Morgan fingerprint density at radius 2 is 1.33 bits per heavy atom. The monoisotopic (exact) mass is 140 g/mol. The van der Waals surface area contributed by atoms with Crippen molar-refractivity contribution in [1.82, 2.24) is 0 Å². The van der Waals surface area contributed by atoms with Crippen molar-refractivity contribution in [3.63, 3.8) is 0 Å². The molecular formula is CO4Zn. The van der Waals surface area contributed by atoms with Crippen LogP contribution in [0.15, 0.2) is 0 Å². The van der Waals surface area contributed by atoms with Crippen molar-refractivity contribution in [2.75, 3.05) is 0 Å². The summed E-state index contributed by atoms with van der Waals surface area (Å²) in [4.78, 5) is 6.57. The Kier molecular flexibility index (Phi) is 1.64. The van der Waals surface area contributed by atoms with Crippen molar-refractivity contribution >= 4 is 0 Å². The van der Waals surface area contributed by atoms with Gasteiger partial charge in [-0.05, 0) is 0 Å². The molecule has 4 nitrogen and oxygen atoms in total. The minimum atomic E-state index is -2.75. The number of hydrogen-bond acceptors (Lipinski definition) is 4. The maximum atomic E-state index is 9.22. The van der Waals surface area contributed by atoms with Crippen LogP contribution < -0.4 is 10.2 Å². The zero-order chi connectivity index (χ0) is 3.91. The van der Waals surface area contributed by atoms with Crippen molar-refractivity contribution in [1.29, 1.82) is 0 Å². The van der Waals surface area contributed by atoms with Gasteiger partial charge in [-0.3, -0.25) is 0 Å².